The smallest absolute Gasteiger partial charge is 0.165 e. The van der Waals surface area contributed by atoms with Crippen LogP contribution in [-0.4, -0.2) is 65.4 Å². The van der Waals surface area contributed by atoms with Crippen molar-refractivity contribution in [2.24, 2.45) is 0 Å². The van der Waals surface area contributed by atoms with E-state index in [1.54, 1.807) is 6.07 Å². The Bertz CT molecular complexity index is 771. The number of hydrogen-bond donors (Lipinski definition) is 0. The second-order valence-corrected chi connectivity index (χ2v) is 6.10. The van der Waals surface area contributed by atoms with Crippen LogP contribution < -0.4 is 4.90 Å². The van der Waals surface area contributed by atoms with E-state index in [-0.39, 0.29) is 0 Å². The Morgan fingerprint density at radius 1 is 1.26 bits per heavy atom. The van der Waals surface area contributed by atoms with Crippen LogP contribution in [0.4, 0.5) is 5.82 Å². The maximum absolute atomic E-state index is 9.11. The highest BCUT2D eigenvalue weighted by molar-refractivity contribution is 5.61. The molecule has 0 unspecified atom stereocenters. The average molecular weight is 312 g/mol. The summed E-state index contributed by atoms with van der Waals surface area (Å²) in [6.45, 7) is 8.69. The molecule has 4 rings (SSSR count). The topological polar surface area (TPSA) is 69.7 Å². The summed E-state index contributed by atoms with van der Waals surface area (Å²) in [5, 5.41) is 13.5. The Morgan fingerprint density at radius 3 is 2.87 bits per heavy atom. The number of morpholine rings is 1. The Balaban J connectivity index is 1.62. The van der Waals surface area contributed by atoms with Crippen molar-refractivity contribution in [1.82, 2.24) is 19.5 Å². The number of aryl methyl sites for hydroxylation is 1. The van der Waals surface area contributed by atoms with Crippen molar-refractivity contribution in [3.05, 3.63) is 23.0 Å². The molecule has 0 saturated carbocycles. The number of fused-ring (bicyclic) bond motifs is 3. The van der Waals surface area contributed by atoms with E-state index in [0.29, 0.717) is 5.69 Å². The molecular weight excluding hydrogens is 292 g/mol. The Morgan fingerprint density at radius 2 is 2.09 bits per heavy atom. The minimum atomic E-state index is 0.422. The molecule has 2 aliphatic heterocycles. The normalized spacial score (nSPS) is 18.3. The second kappa shape index (κ2) is 5.80. The molecule has 0 N–H and O–H groups in total. The molecule has 0 amide bonds. The van der Waals surface area contributed by atoms with Crippen LogP contribution in [0.5, 0.6) is 0 Å². The van der Waals surface area contributed by atoms with Crippen LogP contribution in [0.2, 0.25) is 0 Å². The molecule has 1 fully saturated rings. The van der Waals surface area contributed by atoms with Gasteiger partial charge in [-0.25, -0.2) is 4.98 Å². The van der Waals surface area contributed by atoms with Crippen LogP contribution in [0.25, 0.3) is 5.65 Å². The fraction of sp³-hybridized carbons (Fsp3) is 0.562. The molecule has 0 spiro atoms. The molecule has 0 atom stereocenters. The van der Waals surface area contributed by atoms with Gasteiger partial charge < -0.3 is 9.64 Å². The Kier molecular flexibility index (Phi) is 3.63. The fourth-order valence-electron chi connectivity index (χ4n) is 3.47. The standard InChI is InChI=1S/C16H20N6O/c1-12-14-2-3-21(5-4-20-6-8-23-9-7-20)16(14)22-15(18-12)10-13(11-17)19-22/h10H,2-9H2,1H3. The molecule has 0 aromatic carbocycles. The minimum Gasteiger partial charge on any atom is -0.379 e. The van der Waals surface area contributed by atoms with Gasteiger partial charge in [-0.15, -0.1) is 0 Å². The third kappa shape index (κ3) is 2.54. The zero-order valence-electron chi connectivity index (χ0n) is 13.3. The zero-order chi connectivity index (χ0) is 15.8. The molecule has 2 aromatic heterocycles. The molecule has 1 saturated heterocycles. The van der Waals surface area contributed by atoms with Gasteiger partial charge in [-0.05, 0) is 13.3 Å². The first-order chi connectivity index (χ1) is 11.3. The van der Waals surface area contributed by atoms with Crippen LogP contribution >= 0.6 is 0 Å². The van der Waals surface area contributed by atoms with Crippen molar-refractivity contribution >= 4 is 11.5 Å². The summed E-state index contributed by atoms with van der Waals surface area (Å²) in [4.78, 5) is 9.41. The summed E-state index contributed by atoms with van der Waals surface area (Å²) >= 11 is 0. The lowest BCUT2D eigenvalue weighted by molar-refractivity contribution is 0.0392. The molecule has 23 heavy (non-hydrogen) atoms. The highest BCUT2D eigenvalue weighted by Crippen LogP contribution is 2.30. The first kappa shape index (κ1) is 14.4. The molecule has 120 valence electrons. The predicted molar refractivity (Wildman–Crippen MR) is 85.6 cm³/mol. The fourth-order valence-corrected chi connectivity index (χ4v) is 3.47. The maximum atomic E-state index is 9.11. The molecule has 7 nitrogen and oxygen atoms in total. The summed E-state index contributed by atoms with van der Waals surface area (Å²) in [6, 6.07) is 3.87. The van der Waals surface area contributed by atoms with Gasteiger partial charge in [0.15, 0.2) is 11.3 Å². The van der Waals surface area contributed by atoms with E-state index in [9.17, 15) is 0 Å². The minimum absolute atomic E-state index is 0.422. The van der Waals surface area contributed by atoms with Crippen LogP contribution in [0.15, 0.2) is 6.07 Å². The lowest BCUT2D eigenvalue weighted by Gasteiger charge is -2.29. The molecule has 2 aromatic rings. The van der Waals surface area contributed by atoms with Crippen LogP contribution in [0.1, 0.15) is 17.0 Å². The first-order valence-electron chi connectivity index (χ1n) is 8.10. The largest absolute Gasteiger partial charge is 0.379 e. The Labute approximate surface area is 135 Å². The third-order valence-corrected chi connectivity index (χ3v) is 4.72. The van der Waals surface area contributed by atoms with Crippen molar-refractivity contribution in [1.29, 1.82) is 5.26 Å². The van der Waals surface area contributed by atoms with Gasteiger partial charge in [0.2, 0.25) is 0 Å². The van der Waals surface area contributed by atoms with Crippen LogP contribution in [-0.2, 0) is 11.2 Å². The van der Waals surface area contributed by atoms with Crippen molar-refractivity contribution < 1.29 is 4.74 Å². The monoisotopic (exact) mass is 312 g/mol. The van der Waals surface area contributed by atoms with Crippen molar-refractivity contribution in [3.63, 3.8) is 0 Å². The van der Waals surface area contributed by atoms with Crippen molar-refractivity contribution in [2.75, 3.05) is 50.8 Å². The first-order valence-corrected chi connectivity index (χ1v) is 8.10. The van der Waals surface area contributed by atoms with Gasteiger partial charge in [-0.2, -0.15) is 14.9 Å². The summed E-state index contributed by atoms with van der Waals surface area (Å²) in [7, 11) is 0. The molecule has 2 aliphatic rings. The second-order valence-electron chi connectivity index (χ2n) is 6.10. The molecule has 0 bridgehead atoms. The number of anilines is 1. The molecule has 0 aliphatic carbocycles. The molecular formula is C16H20N6O. The lowest BCUT2D eigenvalue weighted by atomic mass is 10.2. The van der Waals surface area contributed by atoms with Crippen LogP contribution in [0, 0.1) is 18.3 Å². The highest BCUT2D eigenvalue weighted by Gasteiger charge is 2.26. The van der Waals surface area contributed by atoms with E-state index in [1.807, 2.05) is 11.4 Å². The van der Waals surface area contributed by atoms with Gasteiger partial charge in [-0.1, -0.05) is 0 Å². The maximum Gasteiger partial charge on any atom is 0.165 e. The van der Waals surface area contributed by atoms with E-state index < -0.39 is 0 Å². The number of ether oxygens (including phenoxy) is 1. The molecule has 4 heterocycles. The number of rotatable bonds is 3. The average Bonchev–Trinajstić information content (AvgIpc) is 3.17. The summed E-state index contributed by atoms with van der Waals surface area (Å²) in [5.41, 5.74) is 3.49. The SMILES string of the molecule is Cc1nc2cc(C#N)nn2c2c1CCN2CCN1CCOCC1. The lowest BCUT2D eigenvalue weighted by Crippen LogP contribution is -2.41. The van der Waals surface area contributed by atoms with Crippen molar-refractivity contribution in [2.45, 2.75) is 13.3 Å². The number of nitrogens with zero attached hydrogens (tertiary/aromatic N) is 6. The van der Waals surface area contributed by atoms with E-state index >= 15 is 0 Å². The van der Waals surface area contributed by atoms with Crippen LogP contribution in [0.3, 0.4) is 0 Å². The van der Waals surface area contributed by atoms with Gasteiger partial charge in [0.05, 0.1) is 13.2 Å². The molecule has 7 heteroatoms. The number of hydrogen-bond acceptors (Lipinski definition) is 6. The van der Waals surface area contributed by atoms with E-state index in [1.165, 1.54) is 5.56 Å². The molecule has 0 radical (unpaired) electrons. The predicted octanol–water partition coefficient (Wildman–Crippen LogP) is 0.604. The van der Waals surface area contributed by atoms with Gasteiger partial charge >= 0.3 is 0 Å². The van der Waals surface area contributed by atoms with Gasteiger partial charge in [0.25, 0.3) is 0 Å². The summed E-state index contributed by atoms with van der Waals surface area (Å²) in [6.07, 6.45) is 0.995. The van der Waals surface area contributed by atoms with E-state index in [2.05, 4.69) is 26.0 Å². The third-order valence-electron chi connectivity index (χ3n) is 4.72. The van der Waals surface area contributed by atoms with E-state index in [0.717, 1.165) is 69.5 Å². The summed E-state index contributed by atoms with van der Waals surface area (Å²) in [5.74, 6) is 1.11. The van der Waals surface area contributed by atoms with Crippen molar-refractivity contribution in [3.8, 4) is 6.07 Å². The van der Waals surface area contributed by atoms with Gasteiger partial charge in [-0.3, -0.25) is 4.90 Å². The van der Waals surface area contributed by atoms with Gasteiger partial charge in [0.1, 0.15) is 11.9 Å². The Hall–Kier alpha value is -2.17. The van der Waals surface area contributed by atoms with E-state index in [4.69, 9.17) is 10.00 Å². The van der Waals surface area contributed by atoms with Gasteiger partial charge in [0, 0.05) is 50.0 Å². The quantitative estimate of drug-likeness (QED) is 0.827. The number of nitriles is 1. The highest BCUT2D eigenvalue weighted by atomic mass is 16.5. The summed E-state index contributed by atoms with van der Waals surface area (Å²) < 4.78 is 7.25. The number of aromatic nitrogens is 3. The zero-order valence-corrected chi connectivity index (χ0v) is 13.3.